The minimum atomic E-state index is -4.85. The quantitative estimate of drug-likeness (QED) is 0.290. The van der Waals surface area contributed by atoms with Gasteiger partial charge < -0.3 is 0 Å². The average molecular weight is 507 g/mol. The number of unbranched alkanes of at least 4 members (excludes halogenated alkanes) is 1. The number of benzene rings is 2. The summed E-state index contributed by atoms with van der Waals surface area (Å²) in [4.78, 5) is -1.29. The largest absolute Gasteiger partial charge is 0.295 e. The molecule has 1 heterocycles. The van der Waals surface area contributed by atoms with Crippen LogP contribution in [0, 0.1) is 0 Å². The van der Waals surface area contributed by atoms with Gasteiger partial charge in [-0.05, 0) is 43.9 Å². The first-order chi connectivity index (χ1) is 14.4. The van der Waals surface area contributed by atoms with Crippen LogP contribution in [0.4, 0.5) is 5.69 Å². The van der Waals surface area contributed by atoms with E-state index in [0.717, 1.165) is 17.8 Å². The molecule has 2 aromatic rings. The van der Waals surface area contributed by atoms with E-state index < -0.39 is 45.6 Å². The molecule has 3 N–H and O–H groups in total. The highest BCUT2D eigenvalue weighted by atomic mass is 32.2. The van der Waals surface area contributed by atoms with Gasteiger partial charge in [-0.3, -0.25) is 13.7 Å². The van der Waals surface area contributed by atoms with Crippen molar-refractivity contribution in [2.45, 2.75) is 48.8 Å². The molecule has 10 nitrogen and oxygen atoms in total. The van der Waals surface area contributed by atoms with Gasteiger partial charge in [-0.1, -0.05) is 0 Å². The number of hydrogen-bond acceptors (Lipinski definition) is 6. The first-order valence-electron chi connectivity index (χ1n) is 9.57. The van der Waals surface area contributed by atoms with E-state index in [1.807, 2.05) is 25.3 Å². The zero-order valence-corrected chi connectivity index (χ0v) is 20.1. The highest BCUT2D eigenvalue weighted by molar-refractivity contribution is 7.87. The van der Waals surface area contributed by atoms with Crippen LogP contribution in [0.2, 0.25) is 0 Å². The van der Waals surface area contributed by atoms with Crippen LogP contribution in [0.25, 0.3) is 10.8 Å². The maximum atomic E-state index is 12.2. The Morgan fingerprint density at radius 1 is 0.906 bits per heavy atom. The van der Waals surface area contributed by atoms with Gasteiger partial charge in [0.15, 0.2) is 5.71 Å². The molecular weight excluding hydrogens is 482 g/mol. The molecule has 0 atom stereocenters. The molecular formula is C19H24NO9S3+. The molecule has 0 spiro atoms. The minimum absolute atomic E-state index is 0.141. The van der Waals surface area contributed by atoms with E-state index in [9.17, 15) is 34.4 Å². The van der Waals surface area contributed by atoms with Crippen molar-refractivity contribution in [2.24, 2.45) is 0 Å². The zero-order chi connectivity index (χ0) is 24.3. The lowest BCUT2D eigenvalue weighted by Gasteiger charge is -2.19. The molecule has 0 radical (unpaired) electrons. The fourth-order valence-electron chi connectivity index (χ4n) is 4.14. The van der Waals surface area contributed by atoms with Crippen molar-refractivity contribution in [1.82, 2.24) is 0 Å². The second-order valence-corrected chi connectivity index (χ2v) is 12.7. The predicted molar refractivity (Wildman–Crippen MR) is 118 cm³/mol. The van der Waals surface area contributed by atoms with Crippen molar-refractivity contribution < 1.29 is 43.5 Å². The number of fused-ring (bicyclic) bond motifs is 3. The van der Waals surface area contributed by atoms with Crippen molar-refractivity contribution in [3.8, 4) is 0 Å². The fraction of sp³-hybridized carbons (Fsp3) is 0.421. The topological polar surface area (TPSA) is 166 Å². The second-order valence-electron chi connectivity index (χ2n) is 8.28. The summed E-state index contributed by atoms with van der Waals surface area (Å²) in [6, 6.07) is 5.05. The maximum absolute atomic E-state index is 12.2. The fourth-order valence-corrected chi connectivity index (χ4v) is 6.08. The molecule has 0 saturated carbocycles. The van der Waals surface area contributed by atoms with E-state index in [0.29, 0.717) is 24.2 Å². The van der Waals surface area contributed by atoms with Gasteiger partial charge in [-0.2, -0.15) is 29.8 Å². The van der Waals surface area contributed by atoms with Crippen LogP contribution >= 0.6 is 0 Å². The smallest absolute Gasteiger partial charge is 0.286 e. The molecule has 0 fully saturated rings. The highest BCUT2D eigenvalue weighted by Crippen LogP contribution is 2.46. The average Bonchev–Trinajstić information content (AvgIpc) is 2.82. The summed E-state index contributed by atoms with van der Waals surface area (Å²) in [7, 11) is -13.7. The lowest BCUT2D eigenvalue weighted by atomic mass is 9.80. The summed E-state index contributed by atoms with van der Waals surface area (Å²) in [5.74, 6) is -0.376. The summed E-state index contributed by atoms with van der Waals surface area (Å²) in [6.45, 7) is 5.94. The Hall–Kier alpha value is -1.90. The van der Waals surface area contributed by atoms with Crippen LogP contribution in [-0.2, 0) is 35.8 Å². The minimum Gasteiger partial charge on any atom is -0.286 e. The standard InChI is InChI=1S/C19H23NO9S3/c1-12-19(2,3)18-15(20(12)8-4-5-9-30(21,22)23)7-6-13-10-14(31(24,25)26)11-16(17(13)18)32(27,28)29/h6-7,10-11H,4-5,8-9H2,1-3H3,(H2-,21,22,23,24,25,26,27,28,29)/p+1. The van der Waals surface area contributed by atoms with E-state index in [1.165, 1.54) is 6.07 Å². The SMILES string of the molecule is CC1=[N+](CCCCS(=O)(=O)O)c2ccc3cc(S(=O)(=O)O)cc(S(=O)(=O)O)c3c2C1(C)C. The molecule has 0 saturated heterocycles. The van der Waals surface area contributed by atoms with Crippen LogP contribution in [0.5, 0.6) is 0 Å². The molecule has 3 rings (SSSR count). The van der Waals surface area contributed by atoms with Gasteiger partial charge in [0.2, 0.25) is 5.69 Å². The molecule has 1 aliphatic rings. The van der Waals surface area contributed by atoms with Crippen molar-refractivity contribution in [3.05, 3.63) is 29.8 Å². The predicted octanol–water partition coefficient (Wildman–Crippen LogP) is 2.40. The van der Waals surface area contributed by atoms with E-state index in [2.05, 4.69) is 0 Å². The van der Waals surface area contributed by atoms with Crippen molar-refractivity contribution >= 4 is 52.5 Å². The summed E-state index contributed by atoms with van der Waals surface area (Å²) in [6.07, 6.45) is 0.650. The van der Waals surface area contributed by atoms with E-state index in [4.69, 9.17) is 4.55 Å². The van der Waals surface area contributed by atoms with E-state index in [-0.39, 0.29) is 22.9 Å². The van der Waals surface area contributed by atoms with Gasteiger partial charge in [0, 0.05) is 30.4 Å². The third kappa shape index (κ3) is 4.58. The highest BCUT2D eigenvalue weighted by Gasteiger charge is 2.45. The first kappa shape index (κ1) is 24.7. The number of hydrogen-bond donors (Lipinski definition) is 3. The summed E-state index contributed by atoms with van der Waals surface area (Å²) < 4.78 is 99.7. The molecule has 1 aliphatic heterocycles. The van der Waals surface area contributed by atoms with E-state index >= 15 is 0 Å². The maximum Gasteiger partial charge on any atom is 0.295 e. The molecule has 32 heavy (non-hydrogen) atoms. The molecule has 0 amide bonds. The second kappa shape index (κ2) is 7.85. The normalized spacial score (nSPS) is 16.6. The molecule has 0 aromatic heterocycles. The Kier molecular flexibility index (Phi) is 6.07. The van der Waals surface area contributed by atoms with Gasteiger partial charge in [0.05, 0.1) is 16.1 Å². The molecule has 2 aromatic carbocycles. The molecule has 0 unspecified atom stereocenters. The van der Waals surface area contributed by atoms with Crippen molar-refractivity contribution in [1.29, 1.82) is 0 Å². The van der Waals surface area contributed by atoms with Gasteiger partial charge in [0.1, 0.15) is 11.4 Å². The summed E-state index contributed by atoms with van der Waals surface area (Å²) >= 11 is 0. The van der Waals surface area contributed by atoms with Crippen LogP contribution in [0.3, 0.4) is 0 Å². The van der Waals surface area contributed by atoms with Crippen LogP contribution in [0.15, 0.2) is 34.1 Å². The Morgan fingerprint density at radius 3 is 2.06 bits per heavy atom. The third-order valence-electron chi connectivity index (χ3n) is 5.87. The number of rotatable bonds is 7. The molecule has 0 bridgehead atoms. The van der Waals surface area contributed by atoms with Crippen molar-refractivity contribution in [3.63, 3.8) is 0 Å². The van der Waals surface area contributed by atoms with Gasteiger partial charge in [-0.15, -0.1) is 0 Å². The Balaban J connectivity index is 2.24. The Labute approximate surface area is 186 Å². The van der Waals surface area contributed by atoms with Crippen LogP contribution < -0.4 is 0 Å². The third-order valence-corrected chi connectivity index (χ3v) is 8.38. The zero-order valence-electron chi connectivity index (χ0n) is 17.6. The molecule has 176 valence electrons. The van der Waals surface area contributed by atoms with Gasteiger partial charge in [0.25, 0.3) is 30.4 Å². The summed E-state index contributed by atoms with van der Waals surface area (Å²) in [5.41, 5.74) is 1.32. The molecule has 0 aliphatic carbocycles. The van der Waals surface area contributed by atoms with Crippen molar-refractivity contribution in [2.75, 3.05) is 12.3 Å². The Bertz CT molecular complexity index is 1470. The van der Waals surface area contributed by atoms with Crippen LogP contribution in [-0.4, -0.2) is 61.5 Å². The Morgan fingerprint density at radius 2 is 1.53 bits per heavy atom. The molecule has 13 heteroatoms. The van der Waals surface area contributed by atoms with Gasteiger partial charge >= 0.3 is 0 Å². The monoisotopic (exact) mass is 506 g/mol. The lowest BCUT2D eigenvalue weighted by molar-refractivity contribution is -0.439. The number of nitrogens with zero attached hydrogens (tertiary/aromatic N) is 1. The van der Waals surface area contributed by atoms with Gasteiger partial charge in [-0.25, -0.2) is 0 Å². The lowest BCUT2D eigenvalue weighted by Crippen LogP contribution is -2.27. The summed E-state index contributed by atoms with van der Waals surface area (Å²) in [5, 5.41) is 0.350. The first-order valence-corrected chi connectivity index (χ1v) is 14.1. The van der Waals surface area contributed by atoms with E-state index in [1.54, 1.807) is 6.07 Å². The van der Waals surface area contributed by atoms with Crippen LogP contribution in [0.1, 0.15) is 39.2 Å².